The molecule has 0 aliphatic rings. The number of hydrogen-bond donors (Lipinski definition) is 0. The van der Waals surface area contributed by atoms with Crippen molar-refractivity contribution >= 4 is 37.4 Å². The van der Waals surface area contributed by atoms with Gasteiger partial charge in [-0.15, -0.1) is 11.3 Å². The van der Waals surface area contributed by atoms with Crippen molar-refractivity contribution in [2.24, 2.45) is 0 Å². The fraction of sp³-hybridized carbons (Fsp3) is 0.100. The molecule has 2 aromatic rings. The number of rotatable bonds is 0. The number of thiophene rings is 1. The highest BCUT2D eigenvalue weighted by Gasteiger charge is 2.08. The number of aryl methyl sites for hydroxylation is 1. The second kappa shape index (κ2) is 3.13. The molecule has 0 saturated carbocycles. The Morgan fingerprint density at radius 1 is 1.46 bits per heavy atom. The van der Waals surface area contributed by atoms with Crippen molar-refractivity contribution in [1.29, 1.82) is 5.26 Å². The summed E-state index contributed by atoms with van der Waals surface area (Å²) in [6.45, 7) is 2.03. The molecule has 3 heteroatoms. The second-order valence-electron chi connectivity index (χ2n) is 2.83. The molecule has 0 fully saturated rings. The maximum absolute atomic E-state index is 8.91. The Bertz CT molecular complexity index is 507. The van der Waals surface area contributed by atoms with Gasteiger partial charge in [0, 0.05) is 9.86 Å². The molecular weight excluding hydrogens is 246 g/mol. The minimum atomic E-state index is 0.761. The first kappa shape index (κ1) is 8.74. The molecule has 0 saturated heterocycles. The van der Waals surface area contributed by atoms with Crippen molar-refractivity contribution in [3.63, 3.8) is 0 Å². The van der Waals surface area contributed by atoms with Gasteiger partial charge in [-0.2, -0.15) is 5.26 Å². The van der Waals surface area contributed by atoms with E-state index in [2.05, 4.69) is 27.4 Å². The average molecular weight is 252 g/mol. The zero-order valence-corrected chi connectivity index (χ0v) is 9.37. The maximum atomic E-state index is 8.91. The van der Waals surface area contributed by atoms with Crippen molar-refractivity contribution in [2.75, 3.05) is 0 Å². The van der Waals surface area contributed by atoms with E-state index in [-0.39, 0.29) is 0 Å². The lowest BCUT2D eigenvalue weighted by atomic mass is 10.1. The van der Waals surface area contributed by atoms with Crippen LogP contribution in [0, 0.1) is 18.3 Å². The van der Waals surface area contributed by atoms with Crippen molar-refractivity contribution in [2.45, 2.75) is 6.92 Å². The van der Waals surface area contributed by atoms with Crippen LogP contribution in [0.1, 0.15) is 11.1 Å². The van der Waals surface area contributed by atoms with Crippen molar-refractivity contribution in [3.05, 3.63) is 33.1 Å². The summed E-state index contributed by atoms with van der Waals surface area (Å²) in [4.78, 5) is 0. The molecular formula is C10H6BrNS. The lowest BCUT2D eigenvalue weighted by molar-refractivity contribution is 1.49. The number of hydrogen-bond acceptors (Lipinski definition) is 2. The SMILES string of the molecule is Cc1csc2c(Br)ccc(C#N)c12. The van der Waals surface area contributed by atoms with Crippen LogP contribution >= 0.6 is 27.3 Å². The van der Waals surface area contributed by atoms with Gasteiger partial charge in [-0.3, -0.25) is 0 Å². The molecule has 2 rings (SSSR count). The predicted octanol–water partition coefficient (Wildman–Crippen LogP) is 3.84. The average Bonchev–Trinajstić information content (AvgIpc) is 2.51. The van der Waals surface area contributed by atoms with Crippen molar-refractivity contribution in [3.8, 4) is 6.07 Å². The molecule has 0 amide bonds. The van der Waals surface area contributed by atoms with Gasteiger partial charge in [0.2, 0.25) is 0 Å². The van der Waals surface area contributed by atoms with Crippen molar-refractivity contribution < 1.29 is 0 Å². The van der Waals surface area contributed by atoms with Gasteiger partial charge in [-0.1, -0.05) is 0 Å². The number of halogens is 1. The molecule has 13 heavy (non-hydrogen) atoms. The molecule has 64 valence electrons. The lowest BCUT2D eigenvalue weighted by Gasteiger charge is -1.97. The summed E-state index contributed by atoms with van der Waals surface area (Å²) in [5.74, 6) is 0. The monoisotopic (exact) mass is 251 g/mol. The maximum Gasteiger partial charge on any atom is 0.0998 e. The number of fused-ring (bicyclic) bond motifs is 1. The minimum Gasteiger partial charge on any atom is -0.192 e. The summed E-state index contributed by atoms with van der Waals surface area (Å²) in [5.41, 5.74) is 1.94. The fourth-order valence-electron chi connectivity index (χ4n) is 1.36. The molecule has 1 aromatic heterocycles. The normalized spacial score (nSPS) is 10.2. The minimum absolute atomic E-state index is 0.761. The van der Waals surface area contributed by atoms with E-state index in [0.29, 0.717) is 0 Å². The Labute approximate surface area is 88.7 Å². The summed E-state index contributed by atoms with van der Waals surface area (Å²) in [6.07, 6.45) is 0. The Balaban J connectivity index is 2.99. The highest BCUT2D eigenvalue weighted by atomic mass is 79.9. The second-order valence-corrected chi connectivity index (χ2v) is 4.56. The molecule has 1 nitrogen and oxygen atoms in total. The van der Waals surface area contributed by atoms with Gasteiger partial charge < -0.3 is 0 Å². The van der Waals surface area contributed by atoms with E-state index in [4.69, 9.17) is 5.26 Å². The molecule has 0 aliphatic heterocycles. The molecule has 0 radical (unpaired) electrons. The van der Waals surface area contributed by atoms with Gasteiger partial charge in [0.1, 0.15) is 0 Å². The molecule has 0 N–H and O–H groups in total. The topological polar surface area (TPSA) is 23.8 Å². The zero-order chi connectivity index (χ0) is 9.42. The molecule has 0 bridgehead atoms. The van der Waals surface area contributed by atoms with Crippen LogP contribution < -0.4 is 0 Å². The number of benzene rings is 1. The van der Waals surface area contributed by atoms with Gasteiger partial charge in [-0.25, -0.2) is 0 Å². The van der Waals surface area contributed by atoms with Gasteiger partial charge >= 0.3 is 0 Å². The van der Waals surface area contributed by atoms with E-state index in [1.54, 1.807) is 11.3 Å². The fourth-order valence-corrected chi connectivity index (χ4v) is 2.96. The summed E-state index contributed by atoms with van der Waals surface area (Å²) in [5, 5.41) is 12.1. The van der Waals surface area contributed by atoms with Crippen LogP contribution in [0.2, 0.25) is 0 Å². The third-order valence-corrected chi connectivity index (χ3v) is 4.03. The summed E-state index contributed by atoms with van der Waals surface area (Å²) >= 11 is 5.15. The lowest BCUT2D eigenvalue weighted by Crippen LogP contribution is -1.78. The van der Waals surface area contributed by atoms with Crippen LogP contribution in [0.4, 0.5) is 0 Å². The third kappa shape index (κ3) is 1.27. The van der Waals surface area contributed by atoms with Gasteiger partial charge in [0.05, 0.1) is 16.3 Å². The van der Waals surface area contributed by atoms with Crippen LogP contribution in [0.25, 0.3) is 10.1 Å². The summed E-state index contributed by atoms with van der Waals surface area (Å²) in [7, 11) is 0. The Morgan fingerprint density at radius 2 is 2.23 bits per heavy atom. The van der Waals surface area contributed by atoms with Crippen LogP contribution in [-0.4, -0.2) is 0 Å². The summed E-state index contributed by atoms with van der Waals surface area (Å²) in [6, 6.07) is 5.99. The van der Waals surface area contributed by atoms with E-state index in [1.165, 1.54) is 5.56 Å². The molecule has 0 unspecified atom stereocenters. The molecule has 0 atom stereocenters. The van der Waals surface area contributed by atoms with Crippen LogP contribution in [-0.2, 0) is 0 Å². The first-order valence-corrected chi connectivity index (χ1v) is 5.47. The quantitative estimate of drug-likeness (QED) is 0.698. The first-order chi connectivity index (χ1) is 6.24. The summed E-state index contributed by atoms with van der Waals surface area (Å²) < 4.78 is 2.23. The molecule has 0 aliphatic carbocycles. The standard InChI is InChI=1S/C10H6BrNS/c1-6-5-13-10-8(11)3-2-7(4-12)9(6)10/h2-3,5H,1H3. The van der Waals surface area contributed by atoms with Crippen LogP contribution in [0.5, 0.6) is 0 Å². The first-order valence-electron chi connectivity index (χ1n) is 3.80. The van der Waals surface area contributed by atoms with Gasteiger partial charge in [0.15, 0.2) is 0 Å². The van der Waals surface area contributed by atoms with E-state index >= 15 is 0 Å². The molecule has 1 heterocycles. The highest BCUT2D eigenvalue weighted by Crippen LogP contribution is 2.34. The number of nitriles is 1. The van der Waals surface area contributed by atoms with E-state index in [9.17, 15) is 0 Å². The van der Waals surface area contributed by atoms with Crippen LogP contribution in [0.3, 0.4) is 0 Å². The zero-order valence-electron chi connectivity index (χ0n) is 6.97. The molecule has 0 spiro atoms. The Hall–Kier alpha value is -0.850. The number of nitrogens with zero attached hydrogens (tertiary/aromatic N) is 1. The van der Waals surface area contributed by atoms with E-state index in [1.807, 2.05) is 19.1 Å². The van der Waals surface area contributed by atoms with E-state index in [0.717, 1.165) is 20.1 Å². The van der Waals surface area contributed by atoms with Crippen molar-refractivity contribution in [1.82, 2.24) is 0 Å². The Morgan fingerprint density at radius 3 is 2.92 bits per heavy atom. The van der Waals surface area contributed by atoms with Gasteiger partial charge in [0.25, 0.3) is 0 Å². The van der Waals surface area contributed by atoms with E-state index < -0.39 is 0 Å². The highest BCUT2D eigenvalue weighted by molar-refractivity contribution is 9.10. The molecule has 1 aromatic carbocycles. The predicted molar refractivity (Wildman–Crippen MR) is 59.0 cm³/mol. The third-order valence-electron chi connectivity index (χ3n) is 1.98. The van der Waals surface area contributed by atoms with Gasteiger partial charge in [-0.05, 0) is 45.9 Å². The smallest absolute Gasteiger partial charge is 0.0998 e. The van der Waals surface area contributed by atoms with Crippen LogP contribution in [0.15, 0.2) is 22.0 Å². The Kier molecular flexibility index (Phi) is 2.10. The largest absolute Gasteiger partial charge is 0.192 e.